The van der Waals surface area contributed by atoms with Crippen molar-refractivity contribution in [2.45, 2.75) is 45.1 Å². The fourth-order valence-electron chi connectivity index (χ4n) is 2.10. The summed E-state index contributed by atoms with van der Waals surface area (Å²) >= 11 is 0. The molecule has 15 heavy (non-hydrogen) atoms. The molecule has 0 saturated heterocycles. The lowest BCUT2D eigenvalue weighted by atomic mass is 9.83. The Kier molecular flexibility index (Phi) is 4.28. The number of nitrogens with two attached hydrogens (primary N) is 1. The van der Waals surface area contributed by atoms with Crippen molar-refractivity contribution in [3.8, 4) is 0 Å². The van der Waals surface area contributed by atoms with E-state index in [0.717, 1.165) is 31.2 Å². The van der Waals surface area contributed by atoms with E-state index in [1.807, 2.05) is 6.07 Å². The van der Waals surface area contributed by atoms with Crippen LogP contribution in [0, 0.1) is 5.82 Å². The van der Waals surface area contributed by atoms with Gasteiger partial charge in [-0.2, -0.15) is 0 Å². The van der Waals surface area contributed by atoms with Crippen LogP contribution in [-0.2, 0) is 5.54 Å². The van der Waals surface area contributed by atoms with Crippen LogP contribution in [0.25, 0.3) is 0 Å². The van der Waals surface area contributed by atoms with Gasteiger partial charge in [-0.15, -0.1) is 0 Å². The topological polar surface area (TPSA) is 26.0 Å². The Morgan fingerprint density at radius 3 is 2.27 bits per heavy atom. The maximum Gasteiger partial charge on any atom is 0.123 e. The molecule has 0 atom stereocenters. The third-order valence-electron chi connectivity index (χ3n) is 2.79. The van der Waals surface area contributed by atoms with Crippen LogP contribution in [0.2, 0.25) is 0 Å². The fourth-order valence-corrected chi connectivity index (χ4v) is 2.10. The van der Waals surface area contributed by atoms with Gasteiger partial charge >= 0.3 is 0 Å². The first-order valence-corrected chi connectivity index (χ1v) is 5.67. The van der Waals surface area contributed by atoms with Gasteiger partial charge in [0.1, 0.15) is 5.82 Å². The minimum absolute atomic E-state index is 0.200. The lowest BCUT2D eigenvalue weighted by molar-refractivity contribution is 0.368. The predicted molar refractivity (Wildman–Crippen MR) is 62.1 cm³/mol. The summed E-state index contributed by atoms with van der Waals surface area (Å²) in [5.74, 6) is -0.200. The molecule has 0 radical (unpaired) electrons. The van der Waals surface area contributed by atoms with Crippen molar-refractivity contribution in [2.75, 3.05) is 0 Å². The Hall–Kier alpha value is -0.890. The minimum Gasteiger partial charge on any atom is -0.321 e. The van der Waals surface area contributed by atoms with Gasteiger partial charge in [-0.3, -0.25) is 0 Å². The van der Waals surface area contributed by atoms with E-state index in [9.17, 15) is 4.39 Å². The zero-order valence-electron chi connectivity index (χ0n) is 9.59. The van der Waals surface area contributed by atoms with E-state index >= 15 is 0 Å². The highest BCUT2D eigenvalue weighted by Gasteiger charge is 2.25. The van der Waals surface area contributed by atoms with Gasteiger partial charge in [0.25, 0.3) is 0 Å². The zero-order valence-corrected chi connectivity index (χ0v) is 9.59. The third-order valence-corrected chi connectivity index (χ3v) is 2.79. The van der Waals surface area contributed by atoms with Gasteiger partial charge in [-0.1, -0.05) is 38.8 Å². The predicted octanol–water partition coefficient (Wildman–Crippen LogP) is 3.58. The summed E-state index contributed by atoms with van der Waals surface area (Å²) in [6.45, 7) is 4.22. The van der Waals surface area contributed by atoms with Crippen molar-refractivity contribution < 1.29 is 4.39 Å². The summed E-state index contributed by atoms with van der Waals surface area (Å²) in [5.41, 5.74) is 6.91. The molecule has 0 aliphatic rings. The molecule has 0 amide bonds. The molecular formula is C13H20FN. The van der Waals surface area contributed by atoms with Gasteiger partial charge < -0.3 is 5.73 Å². The van der Waals surface area contributed by atoms with Gasteiger partial charge in [0.05, 0.1) is 0 Å². The SMILES string of the molecule is CCCC(N)(CCC)c1cccc(F)c1. The Bertz CT molecular complexity index is 303. The van der Waals surface area contributed by atoms with Crippen molar-refractivity contribution >= 4 is 0 Å². The molecule has 1 rings (SSSR count). The molecule has 1 aromatic rings. The number of hydrogen-bond donors (Lipinski definition) is 1. The number of rotatable bonds is 5. The lowest BCUT2D eigenvalue weighted by Crippen LogP contribution is -2.36. The molecule has 1 nitrogen and oxygen atoms in total. The molecule has 0 saturated carbocycles. The van der Waals surface area contributed by atoms with Crippen LogP contribution >= 0.6 is 0 Å². The lowest BCUT2D eigenvalue weighted by Gasteiger charge is -2.29. The van der Waals surface area contributed by atoms with E-state index in [1.165, 1.54) is 6.07 Å². The van der Waals surface area contributed by atoms with Gasteiger partial charge in [0, 0.05) is 5.54 Å². The summed E-state index contributed by atoms with van der Waals surface area (Å²) in [6.07, 6.45) is 3.86. The molecule has 0 fully saturated rings. The molecular weight excluding hydrogens is 189 g/mol. The van der Waals surface area contributed by atoms with Crippen molar-refractivity contribution in [2.24, 2.45) is 5.73 Å². The first-order valence-electron chi connectivity index (χ1n) is 5.67. The number of hydrogen-bond acceptors (Lipinski definition) is 1. The van der Waals surface area contributed by atoms with Crippen LogP contribution in [-0.4, -0.2) is 0 Å². The standard InChI is InChI=1S/C13H20FN/c1-3-8-13(15,9-4-2)11-6-5-7-12(14)10-11/h5-7,10H,3-4,8-9,15H2,1-2H3. The summed E-state index contributed by atoms with van der Waals surface area (Å²) in [7, 11) is 0. The quantitative estimate of drug-likeness (QED) is 0.788. The largest absolute Gasteiger partial charge is 0.321 e. The summed E-state index contributed by atoms with van der Waals surface area (Å²) in [6, 6.07) is 6.68. The van der Waals surface area contributed by atoms with Crippen LogP contribution in [0.4, 0.5) is 4.39 Å². The van der Waals surface area contributed by atoms with Gasteiger partial charge in [-0.25, -0.2) is 4.39 Å². The molecule has 84 valence electrons. The van der Waals surface area contributed by atoms with E-state index in [4.69, 9.17) is 5.73 Å². The second-order valence-corrected chi connectivity index (χ2v) is 4.17. The smallest absolute Gasteiger partial charge is 0.123 e. The van der Waals surface area contributed by atoms with E-state index in [-0.39, 0.29) is 11.4 Å². The van der Waals surface area contributed by atoms with Crippen LogP contribution in [0.3, 0.4) is 0 Å². The van der Waals surface area contributed by atoms with Crippen molar-refractivity contribution in [3.63, 3.8) is 0 Å². The van der Waals surface area contributed by atoms with E-state index in [0.29, 0.717) is 0 Å². The molecule has 0 spiro atoms. The van der Waals surface area contributed by atoms with Crippen molar-refractivity contribution in [1.82, 2.24) is 0 Å². The maximum atomic E-state index is 13.1. The van der Waals surface area contributed by atoms with Crippen molar-refractivity contribution in [1.29, 1.82) is 0 Å². The summed E-state index contributed by atoms with van der Waals surface area (Å²) < 4.78 is 13.1. The van der Waals surface area contributed by atoms with Crippen LogP contribution in [0.1, 0.15) is 45.1 Å². The average molecular weight is 209 g/mol. The molecule has 0 aromatic heterocycles. The fraction of sp³-hybridized carbons (Fsp3) is 0.538. The Morgan fingerprint density at radius 2 is 1.80 bits per heavy atom. The van der Waals surface area contributed by atoms with E-state index < -0.39 is 0 Å². The second kappa shape index (κ2) is 5.26. The molecule has 0 aliphatic carbocycles. The Morgan fingerprint density at radius 1 is 1.20 bits per heavy atom. The highest BCUT2D eigenvalue weighted by Crippen LogP contribution is 2.29. The monoisotopic (exact) mass is 209 g/mol. The molecule has 0 bridgehead atoms. The summed E-state index contributed by atoms with van der Waals surface area (Å²) in [4.78, 5) is 0. The average Bonchev–Trinajstić information content (AvgIpc) is 2.18. The molecule has 2 N–H and O–H groups in total. The minimum atomic E-state index is -0.356. The summed E-state index contributed by atoms with van der Waals surface area (Å²) in [5, 5.41) is 0. The molecule has 1 aromatic carbocycles. The first kappa shape index (κ1) is 12.2. The highest BCUT2D eigenvalue weighted by atomic mass is 19.1. The van der Waals surface area contributed by atoms with Crippen LogP contribution in [0.5, 0.6) is 0 Å². The third kappa shape index (κ3) is 3.03. The second-order valence-electron chi connectivity index (χ2n) is 4.17. The molecule has 2 heteroatoms. The van der Waals surface area contributed by atoms with E-state index in [2.05, 4.69) is 13.8 Å². The van der Waals surface area contributed by atoms with Gasteiger partial charge in [0.15, 0.2) is 0 Å². The zero-order chi connectivity index (χ0) is 11.3. The highest BCUT2D eigenvalue weighted by molar-refractivity contribution is 5.24. The molecule has 0 aliphatic heterocycles. The Labute approximate surface area is 91.5 Å². The first-order chi connectivity index (χ1) is 7.12. The van der Waals surface area contributed by atoms with Crippen LogP contribution < -0.4 is 5.73 Å². The number of benzene rings is 1. The van der Waals surface area contributed by atoms with Gasteiger partial charge in [0.2, 0.25) is 0 Å². The normalized spacial score (nSPS) is 11.7. The molecule has 0 heterocycles. The van der Waals surface area contributed by atoms with Crippen LogP contribution in [0.15, 0.2) is 24.3 Å². The number of halogens is 1. The molecule has 0 unspecified atom stereocenters. The van der Waals surface area contributed by atoms with Gasteiger partial charge in [-0.05, 0) is 30.5 Å². The maximum absolute atomic E-state index is 13.1. The Balaban J connectivity index is 2.97. The van der Waals surface area contributed by atoms with Crippen molar-refractivity contribution in [3.05, 3.63) is 35.6 Å². The van der Waals surface area contributed by atoms with E-state index in [1.54, 1.807) is 12.1 Å².